The maximum atomic E-state index is 12.2. The molecule has 8 heteroatoms. The minimum atomic E-state index is -0.513. The van der Waals surface area contributed by atoms with Gasteiger partial charge in [0, 0.05) is 16.7 Å². The lowest BCUT2D eigenvalue weighted by Gasteiger charge is -2.11. The van der Waals surface area contributed by atoms with Gasteiger partial charge in [-0.25, -0.2) is 4.79 Å². The van der Waals surface area contributed by atoms with Crippen molar-refractivity contribution in [1.82, 2.24) is 5.32 Å². The second kappa shape index (κ2) is 10.1. The number of anilines is 1. The highest BCUT2D eigenvalue weighted by Gasteiger charge is 2.12. The standard InChI is InChI=1S/C23H19ClN2O4S/c1-14-7-8-15(13-18(14)24)20-11-9-16(30-20)10-12-21(27)26-23(31)25-19-6-4-3-5-17(19)22(28)29-2/h3-13H,1-2H3,(H2,25,26,27,31)/b12-10+. The summed E-state index contributed by atoms with van der Waals surface area (Å²) in [6.45, 7) is 1.92. The van der Waals surface area contributed by atoms with Crippen molar-refractivity contribution in [3.8, 4) is 11.3 Å². The van der Waals surface area contributed by atoms with Gasteiger partial charge in [0.2, 0.25) is 5.91 Å². The van der Waals surface area contributed by atoms with Gasteiger partial charge in [0.25, 0.3) is 0 Å². The first-order valence-corrected chi connectivity index (χ1v) is 9.99. The van der Waals surface area contributed by atoms with Gasteiger partial charge in [0.1, 0.15) is 11.5 Å². The zero-order valence-corrected chi connectivity index (χ0v) is 18.3. The second-order valence-corrected chi connectivity index (χ2v) is 7.30. The van der Waals surface area contributed by atoms with Gasteiger partial charge < -0.3 is 14.5 Å². The molecule has 31 heavy (non-hydrogen) atoms. The lowest BCUT2D eigenvalue weighted by atomic mass is 10.1. The Kier molecular flexibility index (Phi) is 7.23. The number of benzene rings is 2. The number of halogens is 1. The molecule has 3 rings (SSSR count). The Hall–Kier alpha value is -3.42. The zero-order chi connectivity index (χ0) is 22.4. The number of hydrogen-bond donors (Lipinski definition) is 2. The largest absolute Gasteiger partial charge is 0.465 e. The summed E-state index contributed by atoms with van der Waals surface area (Å²) >= 11 is 11.3. The summed E-state index contributed by atoms with van der Waals surface area (Å²) in [4.78, 5) is 24.0. The van der Waals surface area contributed by atoms with E-state index >= 15 is 0 Å². The molecular formula is C23H19ClN2O4S. The molecule has 0 saturated carbocycles. The van der Waals surface area contributed by atoms with Crippen LogP contribution in [-0.2, 0) is 9.53 Å². The van der Waals surface area contributed by atoms with Crippen LogP contribution in [0.5, 0.6) is 0 Å². The van der Waals surface area contributed by atoms with Crippen LogP contribution in [0, 0.1) is 6.92 Å². The number of amides is 1. The lowest BCUT2D eigenvalue weighted by Crippen LogP contribution is -2.33. The molecule has 2 aromatic carbocycles. The summed E-state index contributed by atoms with van der Waals surface area (Å²) in [7, 11) is 1.29. The van der Waals surface area contributed by atoms with Crippen LogP contribution in [0.2, 0.25) is 5.02 Å². The average molecular weight is 455 g/mol. The molecule has 0 bridgehead atoms. The van der Waals surface area contributed by atoms with E-state index in [0.29, 0.717) is 27.8 Å². The number of hydrogen-bond acceptors (Lipinski definition) is 5. The van der Waals surface area contributed by atoms with Crippen molar-refractivity contribution >= 4 is 52.6 Å². The van der Waals surface area contributed by atoms with Crippen LogP contribution >= 0.6 is 23.8 Å². The number of carbonyl (C=O) groups is 2. The number of furan rings is 1. The topological polar surface area (TPSA) is 80.6 Å². The summed E-state index contributed by atoms with van der Waals surface area (Å²) in [6, 6.07) is 15.9. The number of nitrogens with one attached hydrogen (secondary N) is 2. The molecule has 158 valence electrons. The van der Waals surface area contributed by atoms with Crippen LogP contribution in [0.1, 0.15) is 21.7 Å². The smallest absolute Gasteiger partial charge is 0.339 e. The van der Waals surface area contributed by atoms with Gasteiger partial charge in [0.15, 0.2) is 5.11 Å². The number of methoxy groups -OCH3 is 1. The van der Waals surface area contributed by atoms with Gasteiger partial charge >= 0.3 is 5.97 Å². The minimum absolute atomic E-state index is 0.0421. The number of para-hydroxylation sites is 1. The fourth-order valence-corrected chi connectivity index (χ4v) is 3.08. The van der Waals surface area contributed by atoms with E-state index in [1.54, 1.807) is 36.4 Å². The molecule has 1 amide bonds. The summed E-state index contributed by atoms with van der Waals surface area (Å²) < 4.78 is 10.5. The highest BCUT2D eigenvalue weighted by atomic mass is 35.5. The Balaban J connectivity index is 1.61. The van der Waals surface area contributed by atoms with Crippen molar-refractivity contribution < 1.29 is 18.7 Å². The molecule has 2 N–H and O–H groups in total. The highest BCUT2D eigenvalue weighted by Crippen LogP contribution is 2.27. The SMILES string of the molecule is COC(=O)c1ccccc1NC(=S)NC(=O)/C=C/c1ccc(-c2ccc(C)c(Cl)c2)o1. The van der Waals surface area contributed by atoms with Crippen LogP contribution in [-0.4, -0.2) is 24.1 Å². The summed E-state index contributed by atoms with van der Waals surface area (Å²) in [5.41, 5.74) is 2.55. The quantitative estimate of drug-likeness (QED) is 0.312. The number of carbonyl (C=O) groups excluding carboxylic acids is 2. The number of ether oxygens (including phenoxy) is 1. The van der Waals surface area contributed by atoms with E-state index in [9.17, 15) is 9.59 Å². The first-order chi connectivity index (χ1) is 14.9. The third kappa shape index (κ3) is 5.81. The molecule has 0 atom stereocenters. The van der Waals surface area contributed by atoms with Crippen LogP contribution in [0.25, 0.3) is 17.4 Å². The molecule has 0 saturated heterocycles. The first kappa shape index (κ1) is 22.3. The van der Waals surface area contributed by atoms with Gasteiger partial charge in [-0.3, -0.25) is 10.1 Å². The van der Waals surface area contributed by atoms with E-state index in [-0.39, 0.29) is 5.11 Å². The Labute approximate surface area is 189 Å². The Morgan fingerprint density at radius 1 is 1.13 bits per heavy atom. The third-order valence-corrected chi connectivity index (χ3v) is 4.91. The minimum Gasteiger partial charge on any atom is -0.465 e. The Bertz CT molecular complexity index is 1170. The van der Waals surface area contributed by atoms with Crippen LogP contribution in [0.15, 0.2) is 65.1 Å². The van der Waals surface area contributed by atoms with Gasteiger partial charge in [-0.1, -0.05) is 35.9 Å². The Morgan fingerprint density at radius 3 is 2.65 bits per heavy atom. The molecule has 0 spiro atoms. The number of thiocarbonyl (C=S) groups is 1. The van der Waals surface area contributed by atoms with Crippen molar-refractivity contribution in [2.75, 3.05) is 12.4 Å². The number of rotatable bonds is 5. The van der Waals surface area contributed by atoms with Crippen LogP contribution in [0.4, 0.5) is 5.69 Å². The van der Waals surface area contributed by atoms with Crippen molar-refractivity contribution in [3.05, 3.63) is 82.6 Å². The van der Waals surface area contributed by atoms with E-state index in [1.165, 1.54) is 19.3 Å². The molecular weight excluding hydrogens is 436 g/mol. The summed E-state index contributed by atoms with van der Waals surface area (Å²) in [5.74, 6) is 0.167. The van der Waals surface area contributed by atoms with Crippen molar-refractivity contribution in [1.29, 1.82) is 0 Å². The van der Waals surface area contributed by atoms with Gasteiger partial charge in [-0.15, -0.1) is 0 Å². The third-order valence-electron chi connectivity index (χ3n) is 4.30. The fraction of sp³-hybridized carbons (Fsp3) is 0.0870. The number of aryl methyl sites for hydroxylation is 1. The molecule has 0 aliphatic rings. The van der Waals surface area contributed by atoms with E-state index in [2.05, 4.69) is 10.6 Å². The first-order valence-electron chi connectivity index (χ1n) is 9.21. The second-order valence-electron chi connectivity index (χ2n) is 6.48. The molecule has 0 aliphatic carbocycles. The maximum absolute atomic E-state index is 12.2. The molecule has 0 unspecified atom stereocenters. The fourth-order valence-electron chi connectivity index (χ4n) is 2.69. The zero-order valence-electron chi connectivity index (χ0n) is 16.8. The normalized spacial score (nSPS) is 10.7. The monoisotopic (exact) mass is 454 g/mol. The molecule has 1 aromatic heterocycles. The van der Waals surface area contributed by atoms with Crippen molar-refractivity contribution in [2.45, 2.75) is 6.92 Å². The lowest BCUT2D eigenvalue weighted by molar-refractivity contribution is -0.115. The van der Waals surface area contributed by atoms with Crippen molar-refractivity contribution in [3.63, 3.8) is 0 Å². The van der Waals surface area contributed by atoms with Gasteiger partial charge in [-0.05, 0) is 61.1 Å². The molecule has 3 aromatic rings. The molecule has 0 aliphatic heterocycles. The van der Waals surface area contributed by atoms with Crippen LogP contribution < -0.4 is 10.6 Å². The number of esters is 1. The molecule has 0 fully saturated rings. The average Bonchev–Trinajstić information content (AvgIpc) is 3.23. The van der Waals surface area contributed by atoms with Gasteiger partial charge in [-0.2, -0.15) is 0 Å². The van der Waals surface area contributed by atoms with E-state index in [1.807, 2.05) is 25.1 Å². The van der Waals surface area contributed by atoms with Gasteiger partial charge in [0.05, 0.1) is 18.4 Å². The predicted molar refractivity (Wildman–Crippen MR) is 125 cm³/mol. The maximum Gasteiger partial charge on any atom is 0.339 e. The van der Waals surface area contributed by atoms with Crippen molar-refractivity contribution in [2.24, 2.45) is 0 Å². The Morgan fingerprint density at radius 2 is 1.90 bits per heavy atom. The molecule has 6 nitrogen and oxygen atoms in total. The van der Waals surface area contributed by atoms with Crippen LogP contribution in [0.3, 0.4) is 0 Å². The summed E-state index contributed by atoms with van der Waals surface area (Å²) in [5, 5.41) is 6.03. The van der Waals surface area contributed by atoms with E-state index in [4.69, 9.17) is 33.0 Å². The highest BCUT2D eigenvalue weighted by molar-refractivity contribution is 7.80. The molecule has 1 heterocycles. The molecule has 0 radical (unpaired) electrons. The van der Waals surface area contributed by atoms with E-state index < -0.39 is 11.9 Å². The predicted octanol–water partition coefficient (Wildman–Crippen LogP) is 5.22. The van der Waals surface area contributed by atoms with E-state index in [0.717, 1.165) is 11.1 Å². The summed E-state index contributed by atoms with van der Waals surface area (Å²) in [6.07, 6.45) is 2.82.